The molecule has 6 heteroatoms. The van der Waals surface area contributed by atoms with Crippen LogP contribution in [-0.2, 0) is 30.9 Å². The average molecular weight is 407 g/mol. The van der Waals surface area contributed by atoms with E-state index in [4.69, 9.17) is 15.5 Å². The Morgan fingerprint density at radius 2 is 1.54 bits per heavy atom. The summed E-state index contributed by atoms with van der Waals surface area (Å²) >= 11 is 0. The first-order valence-electron chi connectivity index (χ1n) is 10.2. The summed E-state index contributed by atoms with van der Waals surface area (Å²) in [5, 5.41) is 0. The molecule has 1 unspecified atom stereocenters. The predicted molar refractivity (Wildman–Crippen MR) is 116 cm³/mol. The van der Waals surface area contributed by atoms with Gasteiger partial charge in [0.2, 0.25) is 0 Å². The zero-order chi connectivity index (χ0) is 20.6. The van der Waals surface area contributed by atoms with Crippen LogP contribution in [0, 0.1) is 0 Å². The fraction of sp³-hybridized carbons (Fsp3) is 0.545. The molecule has 0 amide bonds. The second kappa shape index (κ2) is 10.4. The molecule has 1 aromatic heterocycles. The van der Waals surface area contributed by atoms with Gasteiger partial charge in [0.25, 0.3) is 0 Å². The molecule has 0 aliphatic carbocycles. The first-order chi connectivity index (χ1) is 13.2. The van der Waals surface area contributed by atoms with Crippen LogP contribution in [0.15, 0.2) is 42.5 Å². The van der Waals surface area contributed by atoms with Crippen LogP contribution in [0.5, 0.6) is 0 Å². The summed E-state index contributed by atoms with van der Waals surface area (Å²) in [6.07, 6.45) is 7.54. The molecular formula is C22H35N2O3P. The monoisotopic (exact) mass is 406 g/mol. The lowest BCUT2D eigenvalue weighted by molar-refractivity contribution is 0.353. The van der Waals surface area contributed by atoms with Gasteiger partial charge in [-0.05, 0) is 69.6 Å². The van der Waals surface area contributed by atoms with Gasteiger partial charge in [-0.15, -0.1) is 0 Å². The Hall–Kier alpha value is -1.39. The van der Waals surface area contributed by atoms with Gasteiger partial charge >= 0.3 is 7.60 Å². The first-order valence-corrected chi connectivity index (χ1v) is 12.0. The maximum absolute atomic E-state index is 11.1. The van der Waals surface area contributed by atoms with Crippen molar-refractivity contribution in [2.45, 2.75) is 63.8 Å². The Bertz CT molecular complexity index is 765. The Kier molecular flexibility index (Phi) is 8.51. The maximum atomic E-state index is 11.1. The Morgan fingerprint density at radius 1 is 0.929 bits per heavy atom. The number of aryl methyl sites for hydroxylation is 3. The van der Waals surface area contributed by atoms with E-state index in [2.05, 4.69) is 54.1 Å². The molecule has 0 spiro atoms. The van der Waals surface area contributed by atoms with Crippen molar-refractivity contribution in [2.75, 3.05) is 6.16 Å². The normalized spacial score (nSPS) is 14.2. The fourth-order valence-corrected chi connectivity index (χ4v) is 4.30. The topological polar surface area (TPSA) is 88.5 Å². The molecule has 156 valence electrons. The van der Waals surface area contributed by atoms with Crippen LogP contribution >= 0.6 is 7.60 Å². The summed E-state index contributed by atoms with van der Waals surface area (Å²) in [6.45, 7) is 1.87. The van der Waals surface area contributed by atoms with Crippen molar-refractivity contribution in [3.05, 3.63) is 59.4 Å². The average Bonchev–Trinajstić information content (AvgIpc) is 2.99. The van der Waals surface area contributed by atoms with E-state index in [0.29, 0.717) is 12.8 Å². The van der Waals surface area contributed by atoms with Crippen molar-refractivity contribution in [2.24, 2.45) is 12.8 Å². The molecule has 0 saturated heterocycles. The highest BCUT2D eigenvalue weighted by Gasteiger charge is 2.24. The van der Waals surface area contributed by atoms with Crippen LogP contribution in [0.1, 0.15) is 56.0 Å². The smallest absolute Gasteiger partial charge is 0.325 e. The molecule has 28 heavy (non-hydrogen) atoms. The van der Waals surface area contributed by atoms with Crippen LogP contribution < -0.4 is 5.73 Å². The van der Waals surface area contributed by atoms with Gasteiger partial charge < -0.3 is 20.1 Å². The Balaban J connectivity index is 1.73. The van der Waals surface area contributed by atoms with Crippen LogP contribution in [0.4, 0.5) is 0 Å². The van der Waals surface area contributed by atoms with Gasteiger partial charge in [0.15, 0.2) is 0 Å². The molecule has 0 fully saturated rings. The largest absolute Gasteiger partial charge is 0.352 e. The van der Waals surface area contributed by atoms with Gasteiger partial charge in [0, 0.05) is 24.0 Å². The highest BCUT2D eigenvalue weighted by atomic mass is 31.2. The van der Waals surface area contributed by atoms with E-state index >= 15 is 0 Å². The second-order valence-corrected chi connectivity index (χ2v) is 9.99. The van der Waals surface area contributed by atoms with Gasteiger partial charge in [-0.2, -0.15) is 0 Å². The molecule has 0 aliphatic heterocycles. The summed E-state index contributed by atoms with van der Waals surface area (Å²) in [5.41, 5.74) is 9.65. The molecule has 1 heterocycles. The van der Waals surface area contributed by atoms with Crippen molar-refractivity contribution in [3.8, 4) is 0 Å². The second-order valence-electron chi connectivity index (χ2n) is 8.21. The van der Waals surface area contributed by atoms with E-state index in [1.165, 1.54) is 36.2 Å². The summed E-state index contributed by atoms with van der Waals surface area (Å²) < 4.78 is 13.3. The number of unbranched alkanes of at least 4 members (excludes halogenated alkanes) is 2. The predicted octanol–water partition coefficient (Wildman–Crippen LogP) is 4.20. The summed E-state index contributed by atoms with van der Waals surface area (Å²) in [4.78, 5) is 18.1. The van der Waals surface area contributed by atoms with Gasteiger partial charge in [-0.25, -0.2) is 0 Å². The molecule has 2 aromatic rings. The Morgan fingerprint density at radius 3 is 2.18 bits per heavy atom. The van der Waals surface area contributed by atoms with E-state index in [9.17, 15) is 4.57 Å². The van der Waals surface area contributed by atoms with Crippen molar-refractivity contribution < 1.29 is 14.4 Å². The van der Waals surface area contributed by atoms with E-state index in [0.717, 1.165) is 19.3 Å². The molecule has 1 atom stereocenters. The quantitative estimate of drug-likeness (QED) is 0.364. The van der Waals surface area contributed by atoms with Crippen molar-refractivity contribution in [3.63, 3.8) is 0 Å². The third-order valence-electron chi connectivity index (χ3n) is 5.50. The number of nitrogens with two attached hydrogens (primary N) is 1. The first kappa shape index (κ1) is 22.9. The lowest BCUT2D eigenvalue weighted by Crippen LogP contribution is -2.37. The minimum atomic E-state index is -3.99. The summed E-state index contributed by atoms with van der Waals surface area (Å²) in [6, 6.07) is 15.0. The van der Waals surface area contributed by atoms with Crippen LogP contribution in [-0.4, -0.2) is 26.1 Å². The number of hydrogen-bond donors (Lipinski definition) is 3. The molecule has 2 rings (SSSR count). The fourth-order valence-electron chi connectivity index (χ4n) is 3.50. The van der Waals surface area contributed by atoms with E-state index < -0.39 is 13.1 Å². The number of nitrogens with zero attached hydrogens (tertiary/aromatic N) is 1. The van der Waals surface area contributed by atoms with E-state index in [1.54, 1.807) is 0 Å². The van der Waals surface area contributed by atoms with E-state index in [-0.39, 0.29) is 6.16 Å². The molecule has 0 saturated carbocycles. The number of benzene rings is 1. The lowest BCUT2D eigenvalue weighted by Gasteiger charge is -2.25. The zero-order valence-corrected chi connectivity index (χ0v) is 18.1. The minimum absolute atomic E-state index is 0.151. The van der Waals surface area contributed by atoms with Gasteiger partial charge in [0.1, 0.15) is 0 Å². The molecule has 4 N–H and O–H groups in total. The number of aromatic nitrogens is 1. The van der Waals surface area contributed by atoms with Crippen LogP contribution in [0.3, 0.4) is 0 Å². The standard InChI is InChI=1S/C22H35N2O3P/c1-22(23,17-18-28(25,26)27)16-15-21-14-13-20(24(21)2)12-8-4-7-11-19-9-5-3-6-10-19/h3,5-6,9-10,13-14H,4,7-8,11-12,15-18,23H2,1-2H3,(H2,25,26,27). The molecule has 0 bridgehead atoms. The molecular weight excluding hydrogens is 371 g/mol. The summed E-state index contributed by atoms with van der Waals surface area (Å²) in [7, 11) is -1.89. The number of hydrogen-bond acceptors (Lipinski definition) is 2. The maximum Gasteiger partial charge on any atom is 0.325 e. The number of rotatable bonds is 12. The highest BCUT2D eigenvalue weighted by molar-refractivity contribution is 7.51. The molecule has 0 radical (unpaired) electrons. The zero-order valence-electron chi connectivity index (χ0n) is 17.2. The van der Waals surface area contributed by atoms with Crippen molar-refractivity contribution in [1.29, 1.82) is 0 Å². The third kappa shape index (κ3) is 8.32. The Labute approximate surface area is 169 Å². The van der Waals surface area contributed by atoms with Crippen molar-refractivity contribution in [1.82, 2.24) is 4.57 Å². The molecule has 5 nitrogen and oxygen atoms in total. The van der Waals surface area contributed by atoms with Crippen LogP contribution in [0.2, 0.25) is 0 Å². The van der Waals surface area contributed by atoms with E-state index in [1.807, 2.05) is 6.92 Å². The van der Waals surface area contributed by atoms with Gasteiger partial charge in [-0.3, -0.25) is 4.57 Å². The lowest BCUT2D eigenvalue weighted by atomic mass is 9.93. The summed E-state index contributed by atoms with van der Waals surface area (Å²) in [5.74, 6) is 0. The van der Waals surface area contributed by atoms with Crippen LogP contribution in [0.25, 0.3) is 0 Å². The minimum Gasteiger partial charge on any atom is -0.352 e. The van der Waals surface area contributed by atoms with Gasteiger partial charge in [0.05, 0.1) is 6.16 Å². The van der Waals surface area contributed by atoms with Crippen molar-refractivity contribution >= 4 is 7.60 Å². The SMILES string of the molecule is Cn1c(CCCCCc2ccccc2)ccc1CCC(C)(N)CCP(=O)(O)O. The third-order valence-corrected chi connectivity index (χ3v) is 6.30. The highest BCUT2D eigenvalue weighted by Crippen LogP contribution is 2.37. The molecule has 1 aromatic carbocycles. The van der Waals surface area contributed by atoms with Gasteiger partial charge in [-0.1, -0.05) is 36.8 Å². The molecule has 0 aliphatic rings.